The van der Waals surface area contributed by atoms with E-state index in [2.05, 4.69) is 27.4 Å². The summed E-state index contributed by atoms with van der Waals surface area (Å²) in [5.74, 6) is -0.444. The number of morpholine rings is 1. The van der Waals surface area contributed by atoms with Crippen molar-refractivity contribution in [1.29, 1.82) is 0 Å². The second-order valence-electron chi connectivity index (χ2n) is 10.1. The molecule has 10 nitrogen and oxygen atoms in total. The van der Waals surface area contributed by atoms with E-state index in [1.165, 1.54) is 22.1 Å². The van der Waals surface area contributed by atoms with Gasteiger partial charge in [-0.15, -0.1) is 0 Å². The third-order valence-electron chi connectivity index (χ3n) is 7.52. The Morgan fingerprint density at radius 1 is 1.05 bits per heavy atom. The minimum absolute atomic E-state index is 0.0415. The van der Waals surface area contributed by atoms with E-state index < -0.39 is 21.9 Å². The number of nitrogens with one attached hydrogen (secondary N) is 2. The lowest BCUT2D eigenvalue weighted by molar-refractivity contribution is -0.138. The van der Waals surface area contributed by atoms with Crippen molar-refractivity contribution in [1.82, 2.24) is 14.3 Å². The number of carbonyl (C=O) groups is 2. The van der Waals surface area contributed by atoms with Gasteiger partial charge in [0.15, 0.2) is 0 Å². The maximum Gasteiger partial charge on any atom is 0.303 e. The van der Waals surface area contributed by atoms with Gasteiger partial charge in [0.05, 0.1) is 30.8 Å². The van der Waals surface area contributed by atoms with Gasteiger partial charge in [-0.05, 0) is 61.3 Å². The molecule has 3 heterocycles. The number of aromatic amines is 1. The van der Waals surface area contributed by atoms with Crippen LogP contribution >= 0.6 is 0 Å². The maximum atomic E-state index is 12.8. The number of H-pyrrole nitrogens is 1. The highest BCUT2D eigenvalue weighted by Gasteiger charge is 2.28. The first-order valence-electron chi connectivity index (χ1n) is 13.2. The molecule has 1 amide bonds. The summed E-state index contributed by atoms with van der Waals surface area (Å²) < 4.78 is 32.2. The number of carbonyl (C=O) groups excluding carboxylic acids is 1. The molecule has 0 bridgehead atoms. The van der Waals surface area contributed by atoms with Crippen molar-refractivity contribution in [3.8, 4) is 11.3 Å². The Bertz CT molecular complexity index is 1400. The van der Waals surface area contributed by atoms with Crippen LogP contribution in [0, 0.1) is 5.92 Å². The minimum Gasteiger partial charge on any atom is -0.481 e. The molecule has 1 aliphatic heterocycles. The summed E-state index contributed by atoms with van der Waals surface area (Å²) in [5, 5.41) is 11.8. The van der Waals surface area contributed by atoms with E-state index in [0.717, 1.165) is 36.9 Å². The molecule has 2 fully saturated rings. The zero-order valence-corrected chi connectivity index (χ0v) is 22.3. The molecule has 11 heteroatoms. The molecular weight excluding hydrogens is 520 g/mol. The Kier molecular flexibility index (Phi) is 8.10. The highest BCUT2D eigenvalue weighted by molar-refractivity contribution is 7.89. The molecule has 1 aromatic carbocycles. The van der Waals surface area contributed by atoms with Gasteiger partial charge in [0.2, 0.25) is 10.0 Å². The van der Waals surface area contributed by atoms with Crippen LogP contribution < -0.4 is 5.32 Å². The van der Waals surface area contributed by atoms with Gasteiger partial charge in [-0.2, -0.15) is 4.31 Å². The summed E-state index contributed by atoms with van der Waals surface area (Å²) in [4.78, 5) is 31.0. The van der Waals surface area contributed by atoms with E-state index in [0.29, 0.717) is 24.8 Å². The first-order chi connectivity index (χ1) is 18.8. The van der Waals surface area contributed by atoms with Crippen molar-refractivity contribution in [2.45, 2.75) is 42.9 Å². The van der Waals surface area contributed by atoms with Crippen LogP contribution in [0.3, 0.4) is 0 Å². The monoisotopic (exact) mass is 552 g/mol. The molecule has 0 spiro atoms. The summed E-state index contributed by atoms with van der Waals surface area (Å²) >= 11 is 0. The van der Waals surface area contributed by atoms with Crippen LogP contribution in [0.1, 0.15) is 54.1 Å². The van der Waals surface area contributed by atoms with Gasteiger partial charge in [0.1, 0.15) is 10.6 Å². The smallest absolute Gasteiger partial charge is 0.303 e. The number of aliphatic carboxylic acids is 1. The summed E-state index contributed by atoms with van der Waals surface area (Å²) in [5.41, 5.74) is 3.61. The van der Waals surface area contributed by atoms with Crippen LogP contribution in [0.5, 0.6) is 0 Å². The Hall–Kier alpha value is -3.54. The van der Waals surface area contributed by atoms with E-state index in [1.54, 1.807) is 12.3 Å². The number of carboxylic acids is 1. The standard InChI is InChI=1S/C28H32N4O6S/c33-27(34)15-19-1-3-20(4-2-19)21-5-7-22(8-6-21)25-10-9-23(17-29-25)31-28(35)26-16-24(18-30-26)39(36,37)32-11-13-38-14-12-32/h5-10,16-20,30H,1-4,11-15H2,(H,31,35)(H,33,34). The molecule has 206 valence electrons. The highest BCUT2D eigenvalue weighted by atomic mass is 32.2. The molecule has 5 rings (SSSR count). The summed E-state index contributed by atoms with van der Waals surface area (Å²) in [7, 11) is -3.69. The van der Waals surface area contributed by atoms with Gasteiger partial charge >= 0.3 is 5.97 Å². The minimum atomic E-state index is -3.69. The molecule has 0 atom stereocenters. The Labute approximate surface area is 227 Å². The number of benzene rings is 1. The van der Waals surface area contributed by atoms with Crippen LogP contribution in [0.2, 0.25) is 0 Å². The fraction of sp³-hybridized carbons (Fsp3) is 0.393. The predicted molar refractivity (Wildman–Crippen MR) is 145 cm³/mol. The van der Waals surface area contributed by atoms with Crippen LogP contribution in [-0.2, 0) is 19.6 Å². The number of ether oxygens (including phenoxy) is 1. The molecule has 0 unspecified atom stereocenters. The number of carboxylic acid groups (broad SMARTS) is 1. The lowest BCUT2D eigenvalue weighted by atomic mass is 9.77. The van der Waals surface area contributed by atoms with Gasteiger partial charge in [-0.1, -0.05) is 24.3 Å². The lowest BCUT2D eigenvalue weighted by Gasteiger charge is -2.28. The lowest BCUT2D eigenvalue weighted by Crippen LogP contribution is -2.40. The largest absolute Gasteiger partial charge is 0.481 e. The number of hydrogen-bond donors (Lipinski definition) is 3. The highest BCUT2D eigenvalue weighted by Crippen LogP contribution is 2.37. The zero-order chi connectivity index (χ0) is 27.4. The van der Waals surface area contributed by atoms with Gasteiger partial charge in [0, 0.05) is 31.3 Å². The average molecular weight is 553 g/mol. The van der Waals surface area contributed by atoms with Gasteiger partial charge < -0.3 is 20.1 Å². The number of nitrogens with zero attached hydrogens (tertiary/aromatic N) is 2. The zero-order valence-electron chi connectivity index (χ0n) is 21.5. The number of rotatable bonds is 8. The molecule has 3 N–H and O–H groups in total. The van der Waals surface area contributed by atoms with Crippen molar-refractivity contribution in [2.75, 3.05) is 31.6 Å². The molecule has 3 aromatic rings. The summed E-state index contributed by atoms with van der Waals surface area (Å²) in [6.07, 6.45) is 7.06. The Morgan fingerprint density at radius 3 is 2.41 bits per heavy atom. The van der Waals surface area contributed by atoms with Gasteiger partial charge in [-0.3, -0.25) is 14.6 Å². The molecule has 1 saturated carbocycles. The van der Waals surface area contributed by atoms with Crippen LogP contribution in [-0.4, -0.2) is 66.0 Å². The molecule has 0 radical (unpaired) electrons. The number of anilines is 1. The fourth-order valence-corrected chi connectivity index (χ4v) is 6.70. The molecule has 1 saturated heterocycles. The van der Waals surface area contributed by atoms with Crippen molar-refractivity contribution >= 4 is 27.6 Å². The van der Waals surface area contributed by atoms with E-state index in [4.69, 9.17) is 9.84 Å². The van der Waals surface area contributed by atoms with Crippen molar-refractivity contribution in [2.24, 2.45) is 5.92 Å². The molecule has 39 heavy (non-hydrogen) atoms. The summed E-state index contributed by atoms with van der Waals surface area (Å²) in [6.45, 7) is 1.26. The number of sulfonamides is 1. The van der Waals surface area contributed by atoms with E-state index in [9.17, 15) is 18.0 Å². The first-order valence-corrected chi connectivity index (χ1v) is 14.6. The SMILES string of the molecule is O=C(O)CC1CCC(c2ccc(-c3ccc(NC(=O)c4cc(S(=O)(=O)N5CCOCC5)c[nH]4)cn3)cc2)CC1. The van der Waals surface area contributed by atoms with Crippen LogP contribution in [0.4, 0.5) is 5.69 Å². The molecule has 2 aromatic heterocycles. The predicted octanol–water partition coefficient (Wildman–Crippen LogP) is 4.10. The number of hydrogen-bond acceptors (Lipinski definition) is 6. The number of aromatic nitrogens is 2. The maximum absolute atomic E-state index is 12.8. The Morgan fingerprint density at radius 2 is 1.77 bits per heavy atom. The third kappa shape index (κ3) is 6.38. The normalized spacial score (nSPS) is 20.4. The van der Waals surface area contributed by atoms with Crippen molar-refractivity contribution in [3.05, 3.63) is 66.1 Å². The quantitative estimate of drug-likeness (QED) is 0.382. The first kappa shape index (κ1) is 27.0. The number of amides is 1. The second-order valence-corrected chi connectivity index (χ2v) is 12.0. The van der Waals surface area contributed by atoms with Gasteiger partial charge in [0.25, 0.3) is 5.91 Å². The van der Waals surface area contributed by atoms with Crippen molar-refractivity contribution in [3.63, 3.8) is 0 Å². The van der Waals surface area contributed by atoms with Crippen LogP contribution in [0.25, 0.3) is 11.3 Å². The van der Waals surface area contributed by atoms with Crippen molar-refractivity contribution < 1.29 is 27.9 Å². The second kappa shape index (κ2) is 11.7. The van der Waals surface area contributed by atoms with Gasteiger partial charge in [-0.25, -0.2) is 8.42 Å². The van der Waals surface area contributed by atoms with E-state index in [1.807, 2.05) is 18.2 Å². The Balaban J connectivity index is 1.18. The average Bonchev–Trinajstić information content (AvgIpc) is 3.46. The topological polar surface area (TPSA) is 142 Å². The number of pyridine rings is 1. The fourth-order valence-electron chi connectivity index (χ4n) is 5.30. The molecule has 1 aliphatic carbocycles. The van der Waals surface area contributed by atoms with E-state index >= 15 is 0 Å². The molecular formula is C28H32N4O6S. The van der Waals surface area contributed by atoms with Crippen LogP contribution in [0.15, 0.2) is 59.8 Å². The van der Waals surface area contributed by atoms with E-state index in [-0.39, 0.29) is 36.0 Å². The third-order valence-corrected chi connectivity index (χ3v) is 9.39. The summed E-state index contributed by atoms with van der Waals surface area (Å²) in [6, 6.07) is 13.2. The molecule has 2 aliphatic rings.